The van der Waals surface area contributed by atoms with E-state index in [0.717, 1.165) is 6.26 Å². The Bertz CT molecular complexity index is 1260. The molecule has 0 atom stereocenters. The monoisotopic (exact) mass is 630 g/mol. The van der Waals surface area contributed by atoms with E-state index in [-0.39, 0.29) is 34.8 Å². The minimum absolute atomic E-state index is 0.0309. The van der Waals surface area contributed by atoms with E-state index in [0.29, 0.717) is 37.1 Å². The van der Waals surface area contributed by atoms with Gasteiger partial charge in [-0.2, -0.15) is 13.2 Å². The van der Waals surface area contributed by atoms with E-state index in [4.69, 9.17) is 14.2 Å². The molecule has 1 saturated heterocycles. The van der Waals surface area contributed by atoms with Gasteiger partial charge in [-0.1, -0.05) is 18.2 Å². The fraction of sp³-hybridized carbons (Fsp3) is 0.519. The summed E-state index contributed by atoms with van der Waals surface area (Å²) in [5.74, 6) is -2.17. The number of aromatic nitrogens is 2. The molecule has 1 aromatic heterocycles. The highest BCUT2D eigenvalue weighted by molar-refractivity contribution is 9.10. The van der Waals surface area contributed by atoms with Crippen LogP contribution in [-0.2, 0) is 33.6 Å². The summed E-state index contributed by atoms with van der Waals surface area (Å²) in [5, 5.41) is 15.8. The third kappa shape index (κ3) is 7.70. The van der Waals surface area contributed by atoms with Crippen LogP contribution in [0.5, 0.6) is 5.88 Å². The van der Waals surface area contributed by atoms with Gasteiger partial charge in [0.1, 0.15) is 16.8 Å². The number of piperidine rings is 1. The number of hydrogen-bond acceptors (Lipinski definition) is 7. The molecule has 2 aromatic rings. The second kappa shape index (κ2) is 12.5. The first kappa shape index (κ1) is 31.3. The van der Waals surface area contributed by atoms with Gasteiger partial charge in [0.25, 0.3) is 0 Å². The first-order valence-electron chi connectivity index (χ1n) is 12.6. The van der Waals surface area contributed by atoms with Crippen molar-refractivity contribution in [3.8, 4) is 5.88 Å². The van der Waals surface area contributed by atoms with E-state index in [1.165, 1.54) is 17.9 Å². The molecule has 0 bridgehead atoms. The van der Waals surface area contributed by atoms with Crippen molar-refractivity contribution in [1.82, 2.24) is 14.7 Å². The lowest BCUT2D eigenvalue weighted by Gasteiger charge is -2.33. The number of carboxylic acids is 1. The third-order valence-electron chi connectivity index (χ3n) is 6.35. The van der Waals surface area contributed by atoms with E-state index in [1.807, 2.05) is 0 Å². The van der Waals surface area contributed by atoms with Crippen LogP contribution in [0.2, 0.25) is 0 Å². The molecule has 0 spiro atoms. The van der Waals surface area contributed by atoms with E-state index < -0.39 is 35.3 Å². The maximum Gasteiger partial charge on any atom is 0.424 e. The number of aliphatic carboxylic acids is 1. The Balaban J connectivity index is 1.81. The van der Waals surface area contributed by atoms with Crippen LogP contribution in [0, 0.1) is 12.8 Å². The molecule has 1 aliphatic rings. The van der Waals surface area contributed by atoms with Gasteiger partial charge < -0.3 is 29.0 Å². The Hall–Kier alpha value is -3.22. The predicted molar refractivity (Wildman–Crippen MR) is 141 cm³/mol. The van der Waals surface area contributed by atoms with Gasteiger partial charge in [-0.15, -0.1) is 5.10 Å². The second-order valence-electron chi connectivity index (χ2n) is 10.5. The lowest BCUT2D eigenvalue weighted by molar-refractivity contribution is -0.295. The molecule has 9 nitrogen and oxygen atoms in total. The fourth-order valence-corrected chi connectivity index (χ4v) is 4.99. The zero-order chi connectivity index (χ0) is 29.8. The number of hydrogen-bond donors (Lipinski definition) is 0. The minimum atomic E-state index is -4.77. The Morgan fingerprint density at radius 3 is 2.40 bits per heavy atom. The standard InChI is InChI=1S/C27H33BrF3N3O6/c1-16-7-6-8-18(20(14-38-5)24(35)36)19(16)15-39-23-21(27(29,30)31)22(28)34(32-23)13-17-9-11-33(12-10-17)25(37)40-26(2,3)4/h6-8,14,17H,9-13,15H2,1-5H3,(H,35,36)/p-1/b20-14+. The summed E-state index contributed by atoms with van der Waals surface area (Å²) in [6.07, 6.45) is -3.07. The molecular formula is C27H32BrF3N3O6-. The maximum absolute atomic E-state index is 14.1. The van der Waals surface area contributed by atoms with Crippen molar-refractivity contribution in [2.45, 2.75) is 65.5 Å². The van der Waals surface area contributed by atoms with E-state index in [9.17, 15) is 27.9 Å². The number of carboxylic acid groups (broad SMARTS) is 1. The van der Waals surface area contributed by atoms with E-state index in [1.54, 1.807) is 44.7 Å². The summed E-state index contributed by atoms with van der Waals surface area (Å²) < 4.78 is 59.0. The van der Waals surface area contributed by atoms with Crippen LogP contribution in [0.25, 0.3) is 5.57 Å². The minimum Gasteiger partial charge on any atom is -0.545 e. The summed E-state index contributed by atoms with van der Waals surface area (Å²) >= 11 is 3.06. The van der Waals surface area contributed by atoms with Crippen molar-refractivity contribution < 1.29 is 42.1 Å². The van der Waals surface area contributed by atoms with Crippen molar-refractivity contribution in [3.63, 3.8) is 0 Å². The van der Waals surface area contributed by atoms with Gasteiger partial charge >= 0.3 is 12.3 Å². The zero-order valence-corrected chi connectivity index (χ0v) is 24.5. The molecule has 0 saturated carbocycles. The van der Waals surface area contributed by atoms with Crippen LogP contribution in [0.4, 0.5) is 18.0 Å². The van der Waals surface area contributed by atoms with Crippen LogP contribution < -0.4 is 9.84 Å². The third-order valence-corrected chi connectivity index (χ3v) is 7.15. The molecule has 3 rings (SSSR count). The van der Waals surface area contributed by atoms with Gasteiger partial charge in [-0.05, 0) is 73.5 Å². The highest BCUT2D eigenvalue weighted by atomic mass is 79.9. The smallest absolute Gasteiger partial charge is 0.424 e. The molecule has 0 unspecified atom stereocenters. The number of aryl methyl sites for hydroxylation is 1. The number of carbonyl (C=O) groups is 2. The second-order valence-corrected chi connectivity index (χ2v) is 11.3. The van der Waals surface area contributed by atoms with Crippen LogP contribution in [0.1, 0.15) is 55.9 Å². The Labute approximate surface area is 239 Å². The molecule has 220 valence electrons. The van der Waals surface area contributed by atoms with Crippen molar-refractivity contribution in [2.75, 3.05) is 20.2 Å². The molecule has 1 aliphatic heterocycles. The highest BCUT2D eigenvalue weighted by Crippen LogP contribution is 2.42. The highest BCUT2D eigenvalue weighted by Gasteiger charge is 2.41. The molecular weight excluding hydrogens is 599 g/mol. The quantitative estimate of drug-likeness (QED) is 0.300. The van der Waals surface area contributed by atoms with E-state index in [2.05, 4.69) is 21.0 Å². The SMILES string of the molecule is CO/C=C(/C(=O)[O-])c1cccc(C)c1COc1nn(CC2CCN(C(=O)OC(C)(C)C)CC2)c(Br)c1C(F)(F)F. The van der Waals surface area contributed by atoms with Crippen molar-refractivity contribution in [2.24, 2.45) is 5.92 Å². The van der Waals surface area contributed by atoms with Gasteiger partial charge in [-0.25, -0.2) is 4.79 Å². The first-order valence-corrected chi connectivity index (χ1v) is 13.4. The summed E-state index contributed by atoms with van der Waals surface area (Å²) in [6.45, 7) is 7.66. The van der Waals surface area contributed by atoms with Gasteiger partial charge in [0, 0.05) is 30.8 Å². The van der Waals surface area contributed by atoms with Gasteiger partial charge in [-0.3, -0.25) is 4.68 Å². The molecule has 40 heavy (non-hydrogen) atoms. The summed E-state index contributed by atoms with van der Waals surface area (Å²) in [5.41, 5.74) is -0.811. The number of halogens is 4. The molecule has 0 aliphatic carbocycles. The number of nitrogens with zero attached hydrogens (tertiary/aromatic N) is 3. The Kier molecular flexibility index (Phi) is 9.81. The number of likely N-dealkylation sites (tertiary alicyclic amines) is 1. The number of methoxy groups -OCH3 is 1. The molecule has 1 fully saturated rings. The molecule has 2 heterocycles. The number of benzene rings is 1. The average Bonchev–Trinajstić information content (AvgIpc) is 3.16. The topological polar surface area (TPSA) is 106 Å². The lowest BCUT2D eigenvalue weighted by atomic mass is 9.97. The summed E-state index contributed by atoms with van der Waals surface area (Å²) in [7, 11) is 1.27. The molecule has 0 radical (unpaired) electrons. The van der Waals surface area contributed by atoms with Gasteiger partial charge in [0.15, 0.2) is 5.56 Å². The van der Waals surface area contributed by atoms with Crippen LogP contribution >= 0.6 is 15.9 Å². The molecule has 1 amide bonds. The van der Waals surface area contributed by atoms with Crippen molar-refractivity contribution >= 4 is 33.6 Å². The summed E-state index contributed by atoms with van der Waals surface area (Å²) in [6, 6.07) is 4.79. The van der Waals surface area contributed by atoms with Crippen LogP contribution in [-0.4, -0.2) is 52.5 Å². The van der Waals surface area contributed by atoms with Gasteiger partial charge in [0.05, 0.1) is 19.3 Å². The molecule has 13 heteroatoms. The molecule has 1 aromatic carbocycles. The summed E-state index contributed by atoms with van der Waals surface area (Å²) in [4.78, 5) is 25.6. The largest absolute Gasteiger partial charge is 0.545 e. The number of carbonyl (C=O) groups excluding carboxylic acids is 2. The maximum atomic E-state index is 14.1. The van der Waals surface area contributed by atoms with Crippen LogP contribution in [0.3, 0.4) is 0 Å². The van der Waals surface area contributed by atoms with Crippen molar-refractivity contribution in [3.05, 3.63) is 51.3 Å². The Morgan fingerprint density at radius 2 is 1.85 bits per heavy atom. The van der Waals surface area contributed by atoms with Crippen LogP contribution in [0.15, 0.2) is 29.1 Å². The lowest BCUT2D eigenvalue weighted by Crippen LogP contribution is -2.42. The zero-order valence-electron chi connectivity index (χ0n) is 22.9. The fourth-order valence-electron chi connectivity index (χ4n) is 4.38. The van der Waals surface area contributed by atoms with Gasteiger partial charge in [0.2, 0.25) is 5.88 Å². The number of alkyl halides is 3. The average molecular weight is 631 g/mol. The van der Waals surface area contributed by atoms with E-state index >= 15 is 0 Å². The first-order chi connectivity index (χ1) is 18.6. The number of ether oxygens (including phenoxy) is 3. The number of amides is 1. The molecule has 0 N–H and O–H groups in total. The normalized spacial score (nSPS) is 15.2. The van der Waals surface area contributed by atoms with Crippen molar-refractivity contribution in [1.29, 1.82) is 0 Å². The number of rotatable bonds is 8. The Morgan fingerprint density at radius 1 is 1.20 bits per heavy atom. The predicted octanol–water partition coefficient (Wildman–Crippen LogP) is 4.94.